The maximum absolute atomic E-state index is 14.1. The Balaban J connectivity index is 1.96. The highest BCUT2D eigenvalue weighted by Crippen LogP contribution is 2.42. The number of fused-ring (bicyclic) bond motifs is 1. The lowest BCUT2D eigenvalue weighted by atomic mass is 9.94. The van der Waals surface area contributed by atoms with E-state index in [0.29, 0.717) is 33.5 Å². The predicted molar refractivity (Wildman–Crippen MR) is 80.0 cm³/mol. The van der Waals surface area contributed by atoms with Gasteiger partial charge in [0.1, 0.15) is 23.4 Å². The van der Waals surface area contributed by atoms with Gasteiger partial charge in [-0.25, -0.2) is 4.39 Å². The molecule has 2 aromatic carbocycles. The number of methoxy groups -OCH3 is 1. The SMILES string of the molecule is COc1ccc2c(c1)OC(c1ccc(Br)cc1F)C[C@H]2O. The van der Waals surface area contributed by atoms with Crippen LogP contribution in [0, 0.1) is 5.82 Å². The van der Waals surface area contributed by atoms with E-state index in [1.54, 1.807) is 37.4 Å². The molecule has 1 unspecified atom stereocenters. The number of hydrogen-bond acceptors (Lipinski definition) is 3. The van der Waals surface area contributed by atoms with Gasteiger partial charge in [0.05, 0.1) is 13.2 Å². The van der Waals surface area contributed by atoms with Crippen molar-refractivity contribution in [3.63, 3.8) is 0 Å². The molecule has 2 atom stereocenters. The molecule has 0 radical (unpaired) electrons. The second-order valence-corrected chi connectivity index (χ2v) is 5.84. The van der Waals surface area contributed by atoms with E-state index >= 15 is 0 Å². The van der Waals surface area contributed by atoms with Gasteiger partial charge in [0.15, 0.2) is 0 Å². The summed E-state index contributed by atoms with van der Waals surface area (Å²) >= 11 is 3.23. The molecule has 0 bridgehead atoms. The first-order valence-corrected chi connectivity index (χ1v) is 7.35. The fraction of sp³-hybridized carbons (Fsp3) is 0.250. The lowest BCUT2D eigenvalue weighted by Gasteiger charge is -2.30. The number of halogens is 2. The maximum atomic E-state index is 14.1. The summed E-state index contributed by atoms with van der Waals surface area (Å²) < 4.78 is 25.7. The topological polar surface area (TPSA) is 38.7 Å². The average Bonchev–Trinajstić information content (AvgIpc) is 2.46. The summed E-state index contributed by atoms with van der Waals surface area (Å²) in [6.07, 6.45) is -0.891. The maximum Gasteiger partial charge on any atom is 0.131 e. The highest BCUT2D eigenvalue weighted by Gasteiger charge is 2.30. The molecular weight excluding hydrogens is 339 g/mol. The molecular formula is C16H14BrFO3. The van der Waals surface area contributed by atoms with Gasteiger partial charge < -0.3 is 14.6 Å². The van der Waals surface area contributed by atoms with Gasteiger partial charge in [-0.05, 0) is 24.3 Å². The Hall–Kier alpha value is -1.59. The van der Waals surface area contributed by atoms with Crippen molar-refractivity contribution >= 4 is 15.9 Å². The van der Waals surface area contributed by atoms with Crippen LogP contribution in [0.5, 0.6) is 11.5 Å². The summed E-state index contributed by atoms with van der Waals surface area (Å²) in [5, 5.41) is 10.2. The van der Waals surface area contributed by atoms with E-state index in [4.69, 9.17) is 9.47 Å². The van der Waals surface area contributed by atoms with Crippen molar-refractivity contribution in [1.82, 2.24) is 0 Å². The third-order valence-electron chi connectivity index (χ3n) is 3.60. The van der Waals surface area contributed by atoms with E-state index in [-0.39, 0.29) is 5.82 Å². The molecule has 0 spiro atoms. The smallest absolute Gasteiger partial charge is 0.131 e. The molecule has 0 aromatic heterocycles. The van der Waals surface area contributed by atoms with Gasteiger partial charge in [-0.3, -0.25) is 0 Å². The minimum atomic E-state index is -0.687. The number of ether oxygens (including phenoxy) is 2. The van der Waals surface area contributed by atoms with Crippen LogP contribution in [-0.4, -0.2) is 12.2 Å². The summed E-state index contributed by atoms with van der Waals surface area (Å²) in [5.41, 5.74) is 1.13. The Morgan fingerprint density at radius 2 is 2.00 bits per heavy atom. The van der Waals surface area contributed by atoms with Crippen molar-refractivity contribution < 1.29 is 19.0 Å². The monoisotopic (exact) mass is 352 g/mol. The summed E-state index contributed by atoms with van der Waals surface area (Å²) in [7, 11) is 1.56. The van der Waals surface area contributed by atoms with Crippen LogP contribution in [0.2, 0.25) is 0 Å². The van der Waals surface area contributed by atoms with Gasteiger partial charge >= 0.3 is 0 Å². The number of hydrogen-bond donors (Lipinski definition) is 1. The molecule has 0 saturated carbocycles. The van der Waals surface area contributed by atoms with E-state index in [9.17, 15) is 9.50 Å². The molecule has 1 aliphatic rings. The normalized spacial score (nSPS) is 20.6. The second-order valence-electron chi connectivity index (χ2n) is 4.93. The largest absolute Gasteiger partial charge is 0.497 e. The lowest BCUT2D eigenvalue weighted by molar-refractivity contribution is 0.0637. The van der Waals surface area contributed by atoms with Gasteiger partial charge in [-0.1, -0.05) is 22.0 Å². The van der Waals surface area contributed by atoms with E-state index < -0.39 is 12.2 Å². The van der Waals surface area contributed by atoms with Crippen LogP contribution >= 0.6 is 15.9 Å². The molecule has 1 aliphatic heterocycles. The van der Waals surface area contributed by atoms with Gasteiger partial charge in [-0.2, -0.15) is 0 Å². The van der Waals surface area contributed by atoms with Crippen molar-refractivity contribution in [3.8, 4) is 11.5 Å². The molecule has 1 heterocycles. The molecule has 110 valence electrons. The first-order valence-electron chi connectivity index (χ1n) is 6.56. The summed E-state index contributed by atoms with van der Waals surface area (Å²) in [4.78, 5) is 0. The summed E-state index contributed by atoms with van der Waals surface area (Å²) in [6, 6.07) is 10.1. The van der Waals surface area contributed by atoms with Crippen LogP contribution in [0.1, 0.15) is 29.8 Å². The third-order valence-corrected chi connectivity index (χ3v) is 4.09. The number of rotatable bonds is 2. The van der Waals surface area contributed by atoms with Crippen molar-refractivity contribution in [1.29, 1.82) is 0 Å². The molecule has 0 fully saturated rings. The van der Waals surface area contributed by atoms with Crippen LogP contribution in [0.15, 0.2) is 40.9 Å². The van der Waals surface area contributed by atoms with E-state index in [1.807, 2.05) is 0 Å². The van der Waals surface area contributed by atoms with E-state index in [0.717, 1.165) is 0 Å². The van der Waals surface area contributed by atoms with Gasteiger partial charge in [-0.15, -0.1) is 0 Å². The Morgan fingerprint density at radius 3 is 2.71 bits per heavy atom. The fourth-order valence-corrected chi connectivity index (χ4v) is 2.84. The molecule has 5 heteroatoms. The standard InChI is InChI=1S/C16H14BrFO3/c1-20-10-3-5-12-14(19)8-16(21-15(12)7-10)11-4-2-9(17)6-13(11)18/h2-7,14,16,19H,8H2,1H3/t14-,16?/m1/s1. The Bertz CT molecular complexity index is 675. The van der Waals surface area contributed by atoms with Gasteiger partial charge in [0, 0.05) is 28.1 Å². The van der Waals surface area contributed by atoms with E-state index in [2.05, 4.69) is 15.9 Å². The molecule has 21 heavy (non-hydrogen) atoms. The zero-order valence-corrected chi connectivity index (χ0v) is 12.9. The zero-order chi connectivity index (χ0) is 15.0. The molecule has 2 aromatic rings. The third kappa shape index (κ3) is 2.76. The highest BCUT2D eigenvalue weighted by atomic mass is 79.9. The Morgan fingerprint density at radius 1 is 1.24 bits per heavy atom. The van der Waals surface area contributed by atoms with Crippen molar-refractivity contribution in [3.05, 3.63) is 57.8 Å². The Labute approximate surface area is 130 Å². The number of benzene rings is 2. The van der Waals surface area contributed by atoms with Crippen LogP contribution in [-0.2, 0) is 0 Å². The van der Waals surface area contributed by atoms with Crippen molar-refractivity contribution in [2.24, 2.45) is 0 Å². The number of aliphatic hydroxyl groups is 1. The van der Waals surface area contributed by atoms with Crippen LogP contribution in [0.3, 0.4) is 0 Å². The van der Waals surface area contributed by atoms with Crippen LogP contribution in [0.4, 0.5) is 4.39 Å². The molecule has 1 N–H and O–H groups in total. The quantitative estimate of drug-likeness (QED) is 0.882. The Kier molecular flexibility index (Phi) is 3.87. The van der Waals surface area contributed by atoms with Crippen molar-refractivity contribution in [2.45, 2.75) is 18.6 Å². The average molecular weight is 353 g/mol. The van der Waals surface area contributed by atoms with Gasteiger partial charge in [0.25, 0.3) is 0 Å². The van der Waals surface area contributed by atoms with Crippen molar-refractivity contribution in [2.75, 3.05) is 7.11 Å². The van der Waals surface area contributed by atoms with Crippen LogP contribution < -0.4 is 9.47 Å². The van der Waals surface area contributed by atoms with E-state index in [1.165, 1.54) is 6.07 Å². The van der Waals surface area contributed by atoms with Gasteiger partial charge in [0.2, 0.25) is 0 Å². The minimum absolute atomic E-state index is 0.317. The zero-order valence-electron chi connectivity index (χ0n) is 11.3. The predicted octanol–water partition coefficient (Wildman–Crippen LogP) is 4.15. The summed E-state index contributed by atoms with van der Waals surface area (Å²) in [6.45, 7) is 0. The van der Waals surface area contributed by atoms with Crippen LogP contribution in [0.25, 0.3) is 0 Å². The number of aliphatic hydroxyl groups excluding tert-OH is 1. The summed E-state index contributed by atoms with van der Waals surface area (Å²) in [5.74, 6) is 0.811. The second kappa shape index (κ2) is 5.66. The minimum Gasteiger partial charge on any atom is -0.497 e. The first-order chi connectivity index (χ1) is 10.1. The molecule has 3 nitrogen and oxygen atoms in total. The first kappa shape index (κ1) is 14.4. The molecule has 0 saturated heterocycles. The lowest BCUT2D eigenvalue weighted by Crippen LogP contribution is -2.20. The fourth-order valence-electron chi connectivity index (χ4n) is 2.50. The molecule has 3 rings (SSSR count). The molecule has 0 amide bonds. The highest BCUT2D eigenvalue weighted by molar-refractivity contribution is 9.10. The molecule has 0 aliphatic carbocycles.